The number of aryl methyl sites for hydroxylation is 1. The van der Waals surface area contributed by atoms with Gasteiger partial charge in [0.1, 0.15) is 0 Å². The summed E-state index contributed by atoms with van der Waals surface area (Å²) in [5.74, 6) is -0.684. The fourth-order valence-corrected chi connectivity index (χ4v) is 4.23. The molecule has 30 heavy (non-hydrogen) atoms. The van der Waals surface area contributed by atoms with Gasteiger partial charge in [0.05, 0.1) is 51.7 Å². The maximum atomic E-state index is 13.3. The van der Waals surface area contributed by atoms with Gasteiger partial charge in [-0.2, -0.15) is 5.26 Å². The molecular weight excluding hydrogens is 425 g/mol. The number of carbonyl (C=O) groups is 2. The van der Waals surface area contributed by atoms with Crippen molar-refractivity contribution < 1.29 is 14.3 Å². The fraction of sp³-hybridized carbons (Fsp3) is 0.227. The number of amides is 1. The summed E-state index contributed by atoms with van der Waals surface area (Å²) >= 11 is 12.8. The predicted molar refractivity (Wildman–Crippen MR) is 114 cm³/mol. The van der Waals surface area contributed by atoms with Crippen LogP contribution in [-0.2, 0) is 4.74 Å². The van der Waals surface area contributed by atoms with E-state index in [-0.39, 0.29) is 32.8 Å². The quantitative estimate of drug-likeness (QED) is 0.611. The number of halogens is 2. The van der Waals surface area contributed by atoms with E-state index in [2.05, 4.69) is 11.1 Å². The van der Waals surface area contributed by atoms with Crippen LogP contribution in [0.15, 0.2) is 30.3 Å². The standard InChI is InChI=1S/C22H17Cl2N3O3/c1-12-8-13(11-25)9-17-15(12)10-18(26-17)21(28)19-16(23)3-2-14(20(19)24)22(29)27-4-6-30-7-5-27/h2-3,8-10,26H,4-7H2,1H3. The summed E-state index contributed by atoms with van der Waals surface area (Å²) in [6, 6.07) is 10.3. The first kappa shape index (κ1) is 20.4. The van der Waals surface area contributed by atoms with E-state index in [1.54, 1.807) is 23.1 Å². The second-order valence-corrected chi connectivity index (χ2v) is 7.85. The van der Waals surface area contributed by atoms with E-state index in [4.69, 9.17) is 33.2 Å². The van der Waals surface area contributed by atoms with Gasteiger partial charge in [0.25, 0.3) is 5.91 Å². The first-order valence-corrected chi connectivity index (χ1v) is 10.1. The largest absolute Gasteiger partial charge is 0.378 e. The van der Waals surface area contributed by atoms with E-state index in [1.165, 1.54) is 12.1 Å². The Balaban J connectivity index is 1.76. The molecule has 8 heteroatoms. The topological polar surface area (TPSA) is 86.2 Å². The molecule has 0 aliphatic carbocycles. The van der Waals surface area contributed by atoms with Crippen molar-refractivity contribution in [3.05, 3.63) is 68.3 Å². The number of nitrogens with one attached hydrogen (secondary N) is 1. The zero-order valence-electron chi connectivity index (χ0n) is 16.1. The van der Waals surface area contributed by atoms with E-state index >= 15 is 0 Å². The summed E-state index contributed by atoms with van der Waals surface area (Å²) in [5.41, 5.74) is 2.61. The Morgan fingerprint density at radius 1 is 1.17 bits per heavy atom. The lowest BCUT2D eigenvalue weighted by atomic mass is 10.0. The van der Waals surface area contributed by atoms with Crippen LogP contribution in [0.4, 0.5) is 0 Å². The van der Waals surface area contributed by atoms with Gasteiger partial charge in [-0.05, 0) is 42.8 Å². The van der Waals surface area contributed by atoms with E-state index in [9.17, 15) is 9.59 Å². The minimum Gasteiger partial charge on any atom is -0.378 e. The van der Waals surface area contributed by atoms with Crippen LogP contribution >= 0.6 is 23.2 Å². The lowest BCUT2D eigenvalue weighted by Gasteiger charge is -2.27. The maximum absolute atomic E-state index is 13.3. The highest BCUT2D eigenvalue weighted by atomic mass is 35.5. The van der Waals surface area contributed by atoms with Crippen molar-refractivity contribution >= 4 is 45.8 Å². The van der Waals surface area contributed by atoms with Crippen LogP contribution in [0.5, 0.6) is 0 Å². The number of hydrogen-bond acceptors (Lipinski definition) is 4. The molecule has 1 aliphatic heterocycles. The van der Waals surface area contributed by atoms with Crippen molar-refractivity contribution in [2.45, 2.75) is 6.92 Å². The number of H-pyrrole nitrogens is 1. The third kappa shape index (κ3) is 3.56. The minimum absolute atomic E-state index is 0.0251. The highest BCUT2D eigenvalue weighted by Crippen LogP contribution is 2.32. The molecule has 0 saturated carbocycles. The molecule has 3 aromatic rings. The van der Waals surface area contributed by atoms with Crippen molar-refractivity contribution in [2.24, 2.45) is 0 Å². The van der Waals surface area contributed by atoms with Crippen LogP contribution in [0.25, 0.3) is 10.9 Å². The van der Waals surface area contributed by atoms with Gasteiger partial charge in [-0.1, -0.05) is 23.2 Å². The average molecular weight is 442 g/mol. The summed E-state index contributed by atoms with van der Waals surface area (Å²) in [5, 5.41) is 10.2. The first-order valence-electron chi connectivity index (χ1n) is 9.34. The van der Waals surface area contributed by atoms with Gasteiger partial charge in [0.15, 0.2) is 0 Å². The number of morpholine rings is 1. The van der Waals surface area contributed by atoms with Crippen LogP contribution in [0.1, 0.15) is 37.5 Å². The molecule has 1 aliphatic rings. The van der Waals surface area contributed by atoms with Crippen LogP contribution < -0.4 is 0 Å². The highest BCUT2D eigenvalue weighted by molar-refractivity contribution is 6.42. The Morgan fingerprint density at radius 3 is 2.60 bits per heavy atom. The molecule has 0 radical (unpaired) electrons. The van der Waals surface area contributed by atoms with Crippen LogP contribution in [0, 0.1) is 18.3 Å². The summed E-state index contributed by atoms with van der Waals surface area (Å²) < 4.78 is 5.28. The number of hydrogen-bond donors (Lipinski definition) is 1. The second kappa shape index (κ2) is 8.11. The van der Waals surface area contributed by atoms with Crippen molar-refractivity contribution in [1.82, 2.24) is 9.88 Å². The number of rotatable bonds is 3. The molecule has 6 nitrogen and oxygen atoms in total. The molecule has 1 amide bonds. The molecule has 152 valence electrons. The van der Waals surface area contributed by atoms with E-state index < -0.39 is 5.78 Å². The molecule has 0 unspecified atom stereocenters. The molecule has 0 bridgehead atoms. The third-order valence-electron chi connectivity index (χ3n) is 5.17. The molecule has 1 fully saturated rings. The Bertz CT molecular complexity index is 1220. The van der Waals surface area contributed by atoms with E-state index in [1.807, 2.05) is 6.92 Å². The second-order valence-electron chi connectivity index (χ2n) is 7.07. The number of nitrogens with zero attached hydrogens (tertiary/aromatic N) is 2. The normalized spacial score (nSPS) is 14.0. The number of benzene rings is 2. The van der Waals surface area contributed by atoms with Gasteiger partial charge in [-0.15, -0.1) is 0 Å². The number of nitriles is 1. The molecule has 0 atom stereocenters. The highest BCUT2D eigenvalue weighted by Gasteiger charge is 2.26. The molecule has 4 rings (SSSR count). The zero-order valence-corrected chi connectivity index (χ0v) is 17.6. The molecule has 1 N–H and O–H groups in total. The number of fused-ring (bicyclic) bond motifs is 1. The predicted octanol–water partition coefficient (Wildman–Crippen LogP) is 4.36. The Kier molecular flexibility index (Phi) is 5.52. The van der Waals surface area contributed by atoms with Gasteiger partial charge < -0.3 is 14.6 Å². The maximum Gasteiger partial charge on any atom is 0.255 e. The van der Waals surface area contributed by atoms with Gasteiger partial charge in [0.2, 0.25) is 5.78 Å². The summed E-state index contributed by atoms with van der Waals surface area (Å²) in [6.07, 6.45) is 0. The minimum atomic E-state index is -0.421. The fourth-order valence-electron chi connectivity index (χ4n) is 3.60. The number of carbonyl (C=O) groups excluding carboxylic acids is 2. The molecule has 1 saturated heterocycles. The first-order chi connectivity index (χ1) is 14.4. The van der Waals surface area contributed by atoms with Gasteiger partial charge in [-0.3, -0.25) is 9.59 Å². The van der Waals surface area contributed by atoms with Crippen molar-refractivity contribution in [3.63, 3.8) is 0 Å². The van der Waals surface area contributed by atoms with E-state index in [0.29, 0.717) is 37.4 Å². The van der Waals surface area contributed by atoms with Crippen LogP contribution in [0.3, 0.4) is 0 Å². The third-order valence-corrected chi connectivity index (χ3v) is 5.87. The summed E-state index contributed by atoms with van der Waals surface area (Å²) in [7, 11) is 0. The Morgan fingerprint density at radius 2 is 1.90 bits per heavy atom. The zero-order chi connectivity index (χ0) is 21.4. The monoisotopic (exact) mass is 441 g/mol. The lowest BCUT2D eigenvalue weighted by molar-refractivity contribution is 0.0303. The summed E-state index contributed by atoms with van der Waals surface area (Å²) in [4.78, 5) is 30.8. The Labute approximate surface area is 182 Å². The van der Waals surface area contributed by atoms with Crippen molar-refractivity contribution in [2.75, 3.05) is 26.3 Å². The summed E-state index contributed by atoms with van der Waals surface area (Å²) in [6.45, 7) is 3.71. The number of aromatic nitrogens is 1. The number of ketones is 1. The number of ether oxygens (including phenoxy) is 1. The van der Waals surface area contributed by atoms with Gasteiger partial charge in [-0.25, -0.2) is 0 Å². The van der Waals surface area contributed by atoms with Crippen LogP contribution in [-0.4, -0.2) is 47.9 Å². The van der Waals surface area contributed by atoms with Crippen molar-refractivity contribution in [3.8, 4) is 6.07 Å². The smallest absolute Gasteiger partial charge is 0.255 e. The van der Waals surface area contributed by atoms with Gasteiger partial charge in [0, 0.05) is 24.0 Å². The number of aromatic amines is 1. The van der Waals surface area contributed by atoms with Crippen LogP contribution in [0.2, 0.25) is 10.0 Å². The Hall–Kier alpha value is -2.85. The molecule has 0 spiro atoms. The molecule has 2 aromatic carbocycles. The average Bonchev–Trinajstić information content (AvgIpc) is 3.19. The SMILES string of the molecule is Cc1cc(C#N)cc2[nH]c(C(=O)c3c(Cl)ccc(C(=O)N4CCOCC4)c3Cl)cc12. The van der Waals surface area contributed by atoms with E-state index in [0.717, 1.165) is 10.9 Å². The van der Waals surface area contributed by atoms with Gasteiger partial charge >= 0.3 is 0 Å². The molecular formula is C22H17Cl2N3O3. The van der Waals surface area contributed by atoms with Crippen molar-refractivity contribution in [1.29, 1.82) is 5.26 Å². The molecule has 2 heterocycles. The lowest BCUT2D eigenvalue weighted by Crippen LogP contribution is -2.40. The molecule has 1 aromatic heterocycles.